The van der Waals surface area contributed by atoms with Gasteiger partial charge in [-0.2, -0.15) is 13.2 Å². The Balaban J connectivity index is 1.56. The number of anilines is 1. The van der Waals surface area contributed by atoms with Gasteiger partial charge in [-0.25, -0.2) is 8.78 Å². The second-order valence-electron chi connectivity index (χ2n) is 9.64. The predicted molar refractivity (Wildman–Crippen MR) is 151 cm³/mol. The van der Waals surface area contributed by atoms with E-state index < -0.39 is 75.4 Å². The van der Waals surface area contributed by atoms with Crippen LogP contribution in [-0.2, 0) is 22.4 Å². The van der Waals surface area contributed by atoms with Crippen LogP contribution in [-0.4, -0.2) is 28.0 Å². The molecule has 1 aliphatic rings. The SMILES string of the molecule is Cc1cc(NC(=O)[C@H]2[C@H](c3ccc(Cl)c(Cl)c3)C2(Cl)Cl)cc(C(=O)Cc2ccc(F)c(CC(=O)C(F)(F)F)c2F)c1Cl. The molecule has 0 radical (unpaired) electrons. The molecule has 3 aromatic rings. The van der Waals surface area contributed by atoms with Gasteiger partial charge in [0.05, 0.1) is 21.0 Å². The topological polar surface area (TPSA) is 63.2 Å². The fourth-order valence-electron chi connectivity index (χ4n) is 4.51. The highest BCUT2D eigenvalue weighted by Crippen LogP contribution is 2.65. The second-order valence-corrected chi connectivity index (χ2v) is 12.3. The highest BCUT2D eigenvalue weighted by atomic mass is 35.5. The van der Waals surface area contributed by atoms with Crippen molar-refractivity contribution in [1.29, 1.82) is 0 Å². The van der Waals surface area contributed by atoms with Gasteiger partial charge >= 0.3 is 6.18 Å². The number of rotatable bonds is 8. The molecular formula is C28H17Cl5F5NO3. The van der Waals surface area contributed by atoms with E-state index in [9.17, 15) is 36.3 Å². The van der Waals surface area contributed by atoms with Gasteiger partial charge in [-0.3, -0.25) is 14.4 Å². The van der Waals surface area contributed by atoms with Crippen LogP contribution in [0.4, 0.5) is 27.6 Å². The summed E-state index contributed by atoms with van der Waals surface area (Å²) in [6.07, 6.45) is -7.60. The summed E-state index contributed by atoms with van der Waals surface area (Å²) in [7, 11) is 0. The van der Waals surface area contributed by atoms with Gasteiger partial charge in [0.1, 0.15) is 16.0 Å². The van der Waals surface area contributed by atoms with Crippen LogP contribution in [0.5, 0.6) is 0 Å². The van der Waals surface area contributed by atoms with E-state index in [2.05, 4.69) is 5.32 Å². The Morgan fingerprint density at radius 1 is 0.929 bits per heavy atom. The highest BCUT2D eigenvalue weighted by Gasteiger charge is 2.67. The molecule has 42 heavy (non-hydrogen) atoms. The zero-order valence-corrected chi connectivity index (χ0v) is 24.9. The van der Waals surface area contributed by atoms with Crippen LogP contribution < -0.4 is 5.32 Å². The van der Waals surface area contributed by atoms with Gasteiger partial charge in [0.15, 0.2) is 5.78 Å². The summed E-state index contributed by atoms with van der Waals surface area (Å²) in [6.45, 7) is 1.54. The molecule has 0 aliphatic heterocycles. The standard InChI is InChI=1S/C28H17Cl5F5NO3/c1-11-6-14(39-26(42)23-22(27(23,32)33)12-2-4-17(29)18(30)7-12)9-16(24(11)31)20(40)8-13-3-5-19(34)15(25(13)35)10-21(41)28(36,37)38/h2-7,9,22-23H,8,10H2,1H3,(H,39,42)/t22-,23+/m0/s1. The van der Waals surface area contributed by atoms with Crippen molar-refractivity contribution in [3.63, 3.8) is 0 Å². The molecule has 1 amide bonds. The molecule has 1 N–H and O–H groups in total. The third-order valence-electron chi connectivity index (χ3n) is 6.73. The number of aryl methyl sites for hydroxylation is 1. The van der Waals surface area contributed by atoms with Crippen molar-refractivity contribution in [3.05, 3.63) is 97.0 Å². The van der Waals surface area contributed by atoms with E-state index in [4.69, 9.17) is 58.0 Å². The Labute approximate surface area is 261 Å². The average Bonchev–Trinajstić information content (AvgIpc) is 3.48. The van der Waals surface area contributed by atoms with Crippen LogP contribution in [0, 0.1) is 24.5 Å². The van der Waals surface area contributed by atoms with Gasteiger partial charge in [-0.15, -0.1) is 23.2 Å². The first kappa shape index (κ1) is 32.5. The van der Waals surface area contributed by atoms with Crippen molar-refractivity contribution in [2.45, 2.75) is 36.2 Å². The number of nitrogens with one attached hydrogen (secondary N) is 1. The summed E-state index contributed by atoms with van der Waals surface area (Å²) < 4.78 is 65.5. The van der Waals surface area contributed by atoms with Gasteiger partial charge in [-0.1, -0.05) is 46.9 Å². The fraction of sp³-hybridized carbons (Fsp3) is 0.250. The minimum absolute atomic E-state index is 0.0304. The summed E-state index contributed by atoms with van der Waals surface area (Å²) in [4.78, 5) is 37.6. The van der Waals surface area contributed by atoms with Gasteiger partial charge < -0.3 is 5.32 Å². The van der Waals surface area contributed by atoms with E-state index in [1.807, 2.05) is 0 Å². The van der Waals surface area contributed by atoms with E-state index in [0.717, 1.165) is 6.07 Å². The molecule has 0 saturated heterocycles. The minimum atomic E-state index is -5.30. The van der Waals surface area contributed by atoms with Gasteiger partial charge in [0, 0.05) is 35.6 Å². The molecule has 1 saturated carbocycles. The highest BCUT2D eigenvalue weighted by molar-refractivity contribution is 6.53. The first-order chi connectivity index (χ1) is 19.4. The summed E-state index contributed by atoms with van der Waals surface area (Å²) >= 11 is 31.1. The van der Waals surface area contributed by atoms with Crippen molar-refractivity contribution >= 4 is 81.2 Å². The van der Waals surface area contributed by atoms with Crippen LogP contribution >= 0.6 is 58.0 Å². The molecule has 0 spiro atoms. The molecule has 3 aromatic carbocycles. The van der Waals surface area contributed by atoms with E-state index >= 15 is 0 Å². The molecule has 1 aliphatic carbocycles. The molecule has 222 valence electrons. The van der Waals surface area contributed by atoms with Crippen molar-refractivity contribution in [2.75, 3.05) is 5.32 Å². The number of alkyl halides is 5. The van der Waals surface area contributed by atoms with Crippen LogP contribution in [0.1, 0.15) is 38.5 Å². The molecule has 0 heterocycles. The molecule has 14 heteroatoms. The Hall–Kier alpha value is -2.43. The van der Waals surface area contributed by atoms with E-state index in [0.29, 0.717) is 22.2 Å². The normalized spacial score (nSPS) is 17.6. The molecular weight excluding hydrogens is 671 g/mol. The lowest BCUT2D eigenvalue weighted by molar-refractivity contribution is -0.170. The van der Waals surface area contributed by atoms with E-state index in [1.165, 1.54) is 25.1 Å². The Morgan fingerprint density at radius 2 is 1.60 bits per heavy atom. The van der Waals surface area contributed by atoms with Gasteiger partial charge in [0.25, 0.3) is 0 Å². The number of ketones is 2. The number of carbonyl (C=O) groups excluding carboxylic acids is 3. The molecule has 4 nitrogen and oxygen atoms in total. The van der Waals surface area contributed by atoms with Crippen molar-refractivity contribution in [2.24, 2.45) is 5.92 Å². The zero-order valence-electron chi connectivity index (χ0n) is 21.1. The third-order valence-corrected chi connectivity index (χ3v) is 8.91. The van der Waals surface area contributed by atoms with Crippen molar-refractivity contribution in [3.8, 4) is 0 Å². The van der Waals surface area contributed by atoms with Gasteiger partial charge in [0.2, 0.25) is 11.7 Å². The first-order valence-electron chi connectivity index (χ1n) is 12.0. The van der Waals surface area contributed by atoms with Crippen LogP contribution in [0.2, 0.25) is 15.1 Å². The van der Waals surface area contributed by atoms with E-state index in [1.54, 1.807) is 12.1 Å². The summed E-state index contributed by atoms with van der Waals surface area (Å²) in [5.74, 6) is -8.07. The van der Waals surface area contributed by atoms with E-state index in [-0.39, 0.29) is 21.3 Å². The molecule has 1 fully saturated rings. The molecule has 0 aromatic heterocycles. The third kappa shape index (κ3) is 6.55. The Kier molecular flexibility index (Phi) is 9.22. The lowest BCUT2D eigenvalue weighted by Gasteiger charge is -2.13. The lowest BCUT2D eigenvalue weighted by Crippen LogP contribution is -2.25. The molecule has 2 atom stereocenters. The average molecular weight is 688 g/mol. The molecule has 0 bridgehead atoms. The van der Waals surface area contributed by atoms with Gasteiger partial charge in [-0.05, 0) is 53.9 Å². The van der Waals surface area contributed by atoms with Crippen LogP contribution in [0.25, 0.3) is 0 Å². The fourth-order valence-corrected chi connectivity index (χ4v) is 5.86. The number of benzene rings is 3. The number of hydrogen-bond acceptors (Lipinski definition) is 3. The lowest BCUT2D eigenvalue weighted by atomic mass is 9.97. The maximum absolute atomic E-state index is 14.9. The number of amides is 1. The summed E-state index contributed by atoms with van der Waals surface area (Å²) in [5.41, 5.74) is -0.652. The predicted octanol–water partition coefficient (Wildman–Crippen LogP) is 8.86. The molecule has 0 unspecified atom stereocenters. The maximum atomic E-state index is 14.9. The van der Waals surface area contributed by atoms with Crippen LogP contribution in [0.3, 0.4) is 0 Å². The quantitative estimate of drug-likeness (QED) is 0.146. The summed E-state index contributed by atoms with van der Waals surface area (Å²) in [5, 5.41) is 3.15. The first-order valence-corrected chi connectivity index (χ1v) is 13.8. The number of Topliss-reactive ketones (excluding diaryl/α,β-unsaturated/α-hetero) is 2. The monoisotopic (exact) mass is 685 g/mol. The minimum Gasteiger partial charge on any atom is -0.326 e. The van der Waals surface area contributed by atoms with Crippen molar-refractivity contribution in [1.82, 2.24) is 0 Å². The van der Waals surface area contributed by atoms with Crippen LogP contribution in [0.15, 0.2) is 42.5 Å². The number of hydrogen-bond donors (Lipinski definition) is 1. The summed E-state index contributed by atoms with van der Waals surface area (Å²) in [6, 6.07) is 8.96. The Morgan fingerprint density at radius 3 is 2.21 bits per heavy atom. The number of halogens is 10. The second kappa shape index (κ2) is 11.9. The Bertz CT molecular complexity index is 1630. The largest absolute Gasteiger partial charge is 0.450 e. The zero-order chi connectivity index (χ0) is 31.3. The number of carbonyl (C=O) groups is 3. The molecule has 4 rings (SSSR count). The smallest absolute Gasteiger partial charge is 0.326 e. The maximum Gasteiger partial charge on any atom is 0.450 e. The van der Waals surface area contributed by atoms with Crippen molar-refractivity contribution < 1.29 is 36.3 Å².